The fourth-order valence-corrected chi connectivity index (χ4v) is 1.87. The summed E-state index contributed by atoms with van der Waals surface area (Å²) in [4.78, 5) is 34.2. The molecule has 0 unspecified atom stereocenters. The van der Waals surface area contributed by atoms with Gasteiger partial charge in [-0.25, -0.2) is 9.59 Å². The minimum Gasteiger partial charge on any atom is -0.507 e. The van der Waals surface area contributed by atoms with Gasteiger partial charge in [0.25, 0.3) is 0 Å². The Bertz CT molecular complexity index is 748. The van der Waals surface area contributed by atoms with E-state index in [4.69, 9.17) is 10.2 Å². The maximum absolute atomic E-state index is 12.3. The van der Waals surface area contributed by atoms with Crippen molar-refractivity contribution < 1.29 is 29.7 Å². The summed E-state index contributed by atoms with van der Waals surface area (Å²) >= 11 is 0. The van der Waals surface area contributed by atoms with Crippen molar-refractivity contribution in [2.75, 3.05) is 0 Å². The van der Waals surface area contributed by atoms with Crippen molar-refractivity contribution >= 4 is 17.7 Å². The molecule has 0 atom stereocenters. The van der Waals surface area contributed by atoms with Crippen LogP contribution in [0.5, 0.6) is 5.75 Å². The van der Waals surface area contributed by atoms with Crippen LogP contribution in [0.3, 0.4) is 0 Å². The molecule has 2 rings (SSSR count). The molecule has 6 nitrogen and oxygen atoms in total. The highest BCUT2D eigenvalue weighted by molar-refractivity contribution is 6.15. The molecular formula is C15H10O6. The number of hydrogen-bond donors (Lipinski definition) is 3. The van der Waals surface area contributed by atoms with Crippen molar-refractivity contribution in [3.05, 3.63) is 64.7 Å². The molecule has 6 heteroatoms. The molecule has 0 fully saturated rings. The molecule has 0 amide bonds. The van der Waals surface area contributed by atoms with Crippen LogP contribution in [0, 0.1) is 0 Å². The van der Waals surface area contributed by atoms with Crippen molar-refractivity contribution in [3.8, 4) is 5.75 Å². The van der Waals surface area contributed by atoms with Crippen LogP contribution < -0.4 is 0 Å². The van der Waals surface area contributed by atoms with Gasteiger partial charge in [0.15, 0.2) is 5.78 Å². The molecule has 0 aliphatic heterocycles. The second-order valence-corrected chi connectivity index (χ2v) is 4.22. The Morgan fingerprint density at radius 3 is 1.90 bits per heavy atom. The van der Waals surface area contributed by atoms with Crippen LogP contribution in [-0.2, 0) is 0 Å². The molecule has 0 saturated carbocycles. The quantitative estimate of drug-likeness (QED) is 0.741. The van der Waals surface area contributed by atoms with E-state index in [1.807, 2.05) is 0 Å². The number of carbonyl (C=O) groups is 3. The summed E-state index contributed by atoms with van der Waals surface area (Å²) in [5.74, 6) is -3.71. The molecule has 21 heavy (non-hydrogen) atoms. The van der Waals surface area contributed by atoms with Crippen LogP contribution in [-0.4, -0.2) is 33.0 Å². The van der Waals surface area contributed by atoms with E-state index in [1.165, 1.54) is 30.3 Å². The van der Waals surface area contributed by atoms with Gasteiger partial charge in [-0.1, -0.05) is 18.2 Å². The summed E-state index contributed by atoms with van der Waals surface area (Å²) < 4.78 is 0. The molecule has 0 bridgehead atoms. The van der Waals surface area contributed by atoms with Crippen molar-refractivity contribution in [2.45, 2.75) is 0 Å². The van der Waals surface area contributed by atoms with Gasteiger partial charge in [0.2, 0.25) is 0 Å². The first-order chi connectivity index (χ1) is 9.91. The third-order valence-corrected chi connectivity index (χ3v) is 2.89. The zero-order valence-electron chi connectivity index (χ0n) is 10.6. The Kier molecular flexibility index (Phi) is 3.71. The number of aromatic carboxylic acids is 2. The molecule has 0 radical (unpaired) electrons. The number of phenols is 1. The molecule has 3 N–H and O–H groups in total. The summed E-state index contributed by atoms with van der Waals surface area (Å²) in [6, 6.07) is 8.85. The van der Waals surface area contributed by atoms with Crippen LogP contribution >= 0.6 is 0 Å². The predicted molar refractivity (Wildman–Crippen MR) is 71.9 cm³/mol. The van der Waals surface area contributed by atoms with Crippen molar-refractivity contribution in [3.63, 3.8) is 0 Å². The third-order valence-electron chi connectivity index (χ3n) is 2.89. The highest BCUT2D eigenvalue weighted by Crippen LogP contribution is 2.23. The molecule has 0 spiro atoms. The van der Waals surface area contributed by atoms with Gasteiger partial charge in [-0.05, 0) is 24.3 Å². The number of carboxylic acid groups (broad SMARTS) is 2. The average molecular weight is 286 g/mol. The highest BCUT2D eigenvalue weighted by atomic mass is 16.4. The molecular weight excluding hydrogens is 276 g/mol. The summed E-state index contributed by atoms with van der Waals surface area (Å²) in [5.41, 5.74) is -0.600. The molecule has 0 aliphatic rings. The van der Waals surface area contributed by atoms with Crippen molar-refractivity contribution in [1.29, 1.82) is 0 Å². The number of ketones is 1. The van der Waals surface area contributed by atoms with E-state index in [-0.39, 0.29) is 22.3 Å². The van der Waals surface area contributed by atoms with Gasteiger partial charge in [0, 0.05) is 5.56 Å². The summed E-state index contributed by atoms with van der Waals surface area (Å²) in [5, 5.41) is 27.6. The zero-order chi connectivity index (χ0) is 15.6. The second kappa shape index (κ2) is 5.46. The fraction of sp³-hybridized carbons (Fsp3) is 0. The lowest BCUT2D eigenvalue weighted by atomic mass is 9.97. The number of carbonyl (C=O) groups excluding carboxylic acids is 1. The molecule has 2 aromatic rings. The van der Waals surface area contributed by atoms with E-state index in [2.05, 4.69) is 0 Å². The van der Waals surface area contributed by atoms with Gasteiger partial charge in [-0.15, -0.1) is 0 Å². The normalized spacial score (nSPS) is 10.1. The van der Waals surface area contributed by atoms with Crippen molar-refractivity contribution in [1.82, 2.24) is 0 Å². The predicted octanol–water partition coefficient (Wildman–Crippen LogP) is 2.02. The summed E-state index contributed by atoms with van der Waals surface area (Å²) in [6.07, 6.45) is 0. The van der Waals surface area contributed by atoms with Crippen LogP contribution in [0.2, 0.25) is 0 Å². The van der Waals surface area contributed by atoms with Gasteiger partial charge >= 0.3 is 11.9 Å². The number of aromatic hydroxyl groups is 1. The molecule has 0 aliphatic carbocycles. The van der Waals surface area contributed by atoms with Gasteiger partial charge < -0.3 is 15.3 Å². The first-order valence-electron chi connectivity index (χ1n) is 5.85. The molecule has 0 saturated heterocycles. The SMILES string of the molecule is O=C(O)c1ccc(C(=O)c2ccccc2C(=O)O)c(O)c1. The van der Waals surface area contributed by atoms with E-state index in [0.29, 0.717) is 0 Å². The van der Waals surface area contributed by atoms with Gasteiger partial charge in [0.05, 0.1) is 16.7 Å². The smallest absolute Gasteiger partial charge is 0.336 e. The summed E-state index contributed by atoms with van der Waals surface area (Å²) in [6.45, 7) is 0. The topological polar surface area (TPSA) is 112 Å². The lowest BCUT2D eigenvalue weighted by Gasteiger charge is -2.07. The van der Waals surface area contributed by atoms with Crippen LogP contribution in [0.25, 0.3) is 0 Å². The van der Waals surface area contributed by atoms with Crippen molar-refractivity contribution in [2.24, 2.45) is 0 Å². The number of hydrogen-bond acceptors (Lipinski definition) is 4. The van der Waals surface area contributed by atoms with Gasteiger partial charge in [-0.2, -0.15) is 0 Å². The standard InChI is InChI=1S/C15H10O6/c16-12-7-8(14(18)19)5-6-11(12)13(17)9-3-1-2-4-10(9)15(20)21/h1-7,16H,(H,18,19)(H,20,21). The van der Waals surface area contributed by atoms with Crippen LogP contribution in [0.15, 0.2) is 42.5 Å². The van der Waals surface area contributed by atoms with Crippen LogP contribution in [0.4, 0.5) is 0 Å². The minimum atomic E-state index is -1.26. The monoisotopic (exact) mass is 286 g/mol. The Labute approximate surface area is 118 Å². The van der Waals surface area contributed by atoms with E-state index >= 15 is 0 Å². The Morgan fingerprint density at radius 2 is 1.38 bits per heavy atom. The Morgan fingerprint density at radius 1 is 0.762 bits per heavy atom. The number of phenolic OH excluding ortho intramolecular Hbond substituents is 1. The molecule has 0 heterocycles. The fourth-order valence-electron chi connectivity index (χ4n) is 1.87. The van der Waals surface area contributed by atoms with E-state index in [9.17, 15) is 19.5 Å². The maximum Gasteiger partial charge on any atom is 0.336 e. The summed E-state index contributed by atoms with van der Waals surface area (Å²) in [7, 11) is 0. The lowest BCUT2D eigenvalue weighted by Crippen LogP contribution is -2.10. The molecule has 2 aromatic carbocycles. The van der Waals surface area contributed by atoms with Gasteiger partial charge in [-0.3, -0.25) is 4.79 Å². The third kappa shape index (κ3) is 2.74. The van der Waals surface area contributed by atoms with E-state index in [1.54, 1.807) is 0 Å². The van der Waals surface area contributed by atoms with E-state index < -0.39 is 23.5 Å². The Balaban J connectivity index is 2.51. The largest absolute Gasteiger partial charge is 0.507 e. The first-order valence-corrected chi connectivity index (χ1v) is 5.85. The number of rotatable bonds is 4. The van der Waals surface area contributed by atoms with Gasteiger partial charge in [0.1, 0.15) is 5.75 Å². The zero-order valence-corrected chi connectivity index (χ0v) is 10.6. The maximum atomic E-state index is 12.3. The lowest BCUT2D eigenvalue weighted by molar-refractivity contribution is 0.0685. The average Bonchev–Trinajstić information content (AvgIpc) is 2.46. The Hall–Kier alpha value is -3.15. The highest BCUT2D eigenvalue weighted by Gasteiger charge is 2.20. The first kappa shape index (κ1) is 14.3. The second-order valence-electron chi connectivity index (χ2n) is 4.22. The molecule has 0 aromatic heterocycles. The molecule has 106 valence electrons. The minimum absolute atomic E-state index is 0.0802. The number of benzene rings is 2. The van der Waals surface area contributed by atoms with E-state index in [0.717, 1.165) is 12.1 Å². The number of carboxylic acids is 2. The van der Waals surface area contributed by atoms with Crippen LogP contribution in [0.1, 0.15) is 36.6 Å².